The standard InChI is InChI=1S/C13H18N2O3/c1-13(7-14,8-5-6-8)15-12(18)11-9(16)3-2-4-10(11)17/h2-4,8,16-17H,5-7,14H2,1H3,(H,15,18). The highest BCUT2D eigenvalue weighted by Gasteiger charge is 2.42. The lowest BCUT2D eigenvalue weighted by atomic mass is 9.95. The number of phenolic OH excluding ortho intramolecular Hbond substituents is 2. The fourth-order valence-electron chi connectivity index (χ4n) is 2.12. The molecule has 1 aromatic carbocycles. The molecule has 1 saturated carbocycles. The number of carbonyl (C=O) groups excluding carboxylic acids is 1. The Morgan fingerprint density at radius 2 is 2.00 bits per heavy atom. The first-order valence-electron chi connectivity index (χ1n) is 6.01. The van der Waals surface area contributed by atoms with Gasteiger partial charge in [-0.2, -0.15) is 0 Å². The third kappa shape index (κ3) is 2.26. The first kappa shape index (κ1) is 12.7. The maximum absolute atomic E-state index is 12.1. The minimum atomic E-state index is -0.495. The molecule has 0 radical (unpaired) electrons. The van der Waals surface area contributed by atoms with Gasteiger partial charge in [-0.15, -0.1) is 0 Å². The number of hydrogen-bond donors (Lipinski definition) is 4. The predicted octanol–water partition coefficient (Wildman–Crippen LogP) is 0.955. The van der Waals surface area contributed by atoms with Crippen molar-refractivity contribution in [2.75, 3.05) is 6.54 Å². The number of amides is 1. The van der Waals surface area contributed by atoms with Crippen molar-refractivity contribution in [1.29, 1.82) is 0 Å². The number of hydrogen-bond acceptors (Lipinski definition) is 4. The Hall–Kier alpha value is -1.75. The van der Waals surface area contributed by atoms with Crippen molar-refractivity contribution in [3.63, 3.8) is 0 Å². The lowest BCUT2D eigenvalue weighted by Crippen LogP contribution is -2.53. The van der Waals surface area contributed by atoms with Crippen LogP contribution in [0, 0.1) is 5.92 Å². The maximum Gasteiger partial charge on any atom is 0.259 e. The summed E-state index contributed by atoms with van der Waals surface area (Å²) >= 11 is 0. The van der Waals surface area contributed by atoms with E-state index < -0.39 is 11.4 Å². The van der Waals surface area contributed by atoms with Crippen LogP contribution < -0.4 is 11.1 Å². The van der Waals surface area contributed by atoms with Gasteiger partial charge in [-0.1, -0.05) is 6.07 Å². The fraction of sp³-hybridized carbons (Fsp3) is 0.462. The molecule has 1 unspecified atom stereocenters. The van der Waals surface area contributed by atoms with Crippen LogP contribution in [-0.2, 0) is 0 Å². The summed E-state index contributed by atoms with van der Waals surface area (Å²) < 4.78 is 0. The normalized spacial score (nSPS) is 18.1. The highest BCUT2D eigenvalue weighted by atomic mass is 16.3. The van der Waals surface area contributed by atoms with E-state index in [-0.39, 0.29) is 17.1 Å². The van der Waals surface area contributed by atoms with Crippen LogP contribution in [0.5, 0.6) is 11.5 Å². The summed E-state index contributed by atoms with van der Waals surface area (Å²) in [5, 5.41) is 22.1. The minimum Gasteiger partial charge on any atom is -0.507 e. The van der Waals surface area contributed by atoms with Gasteiger partial charge >= 0.3 is 0 Å². The number of aromatic hydroxyl groups is 2. The molecule has 1 aliphatic rings. The van der Waals surface area contributed by atoms with Crippen molar-refractivity contribution in [2.24, 2.45) is 11.7 Å². The molecule has 1 atom stereocenters. The number of phenols is 2. The van der Waals surface area contributed by atoms with Gasteiger partial charge in [0.25, 0.3) is 5.91 Å². The van der Waals surface area contributed by atoms with Gasteiger partial charge in [0.15, 0.2) is 0 Å². The second-order valence-electron chi connectivity index (χ2n) is 5.02. The van der Waals surface area contributed by atoms with Crippen LogP contribution in [0.15, 0.2) is 18.2 Å². The smallest absolute Gasteiger partial charge is 0.259 e. The van der Waals surface area contributed by atoms with Gasteiger partial charge in [-0.3, -0.25) is 4.79 Å². The zero-order chi connectivity index (χ0) is 13.3. The molecule has 1 aromatic rings. The lowest BCUT2D eigenvalue weighted by Gasteiger charge is -2.29. The molecule has 98 valence electrons. The van der Waals surface area contributed by atoms with Crippen molar-refractivity contribution < 1.29 is 15.0 Å². The molecule has 0 saturated heterocycles. The summed E-state index contributed by atoms with van der Waals surface area (Å²) in [5.41, 5.74) is 5.13. The van der Waals surface area contributed by atoms with Crippen molar-refractivity contribution in [3.8, 4) is 11.5 Å². The fourth-order valence-corrected chi connectivity index (χ4v) is 2.12. The molecule has 0 heterocycles. The topological polar surface area (TPSA) is 95.6 Å². The monoisotopic (exact) mass is 250 g/mol. The Bertz CT molecular complexity index is 451. The first-order valence-corrected chi connectivity index (χ1v) is 6.01. The van der Waals surface area contributed by atoms with Gasteiger partial charge in [0.2, 0.25) is 0 Å². The predicted molar refractivity (Wildman–Crippen MR) is 67.4 cm³/mol. The highest BCUT2D eigenvalue weighted by Crippen LogP contribution is 2.39. The minimum absolute atomic E-state index is 0.0992. The number of carbonyl (C=O) groups is 1. The first-order chi connectivity index (χ1) is 8.48. The molecule has 0 spiro atoms. The van der Waals surface area contributed by atoms with Crippen LogP contribution in [-0.4, -0.2) is 28.2 Å². The van der Waals surface area contributed by atoms with Crippen molar-refractivity contribution in [3.05, 3.63) is 23.8 Å². The van der Waals surface area contributed by atoms with E-state index in [1.54, 1.807) is 0 Å². The van der Waals surface area contributed by atoms with Gasteiger partial charge in [-0.25, -0.2) is 0 Å². The zero-order valence-corrected chi connectivity index (χ0v) is 10.3. The Morgan fingerprint density at radius 1 is 1.44 bits per heavy atom. The van der Waals surface area contributed by atoms with Crippen molar-refractivity contribution in [1.82, 2.24) is 5.32 Å². The summed E-state index contributed by atoms with van der Waals surface area (Å²) in [4.78, 5) is 12.1. The quantitative estimate of drug-likeness (QED) is 0.640. The summed E-state index contributed by atoms with van der Waals surface area (Å²) in [5.74, 6) is -0.588. The molecular formula is C13H18N2O3. The van der Waals surface area contributed by atoms with Gasteiger partial charge in [0.1, 0.15) is 17.1 Å². The van der Waals surface area contributed by atoms with E-state index >= 15 is 0 Å². The maximum atomic E-state index is 12.1. The largest absolute Gasteiger partial charge is 0.507 e. The van der Waals surface area contributed by atoms with Gasteiger partial charge < -0.3 is 21.3 Å². The number of nitrogens with two attached hydrogens (primary N) is 1. The molecule has 2 rings (SSSR count). The number of nitrogens with one attached hydrogen (secondary N) is 1. The van der Waals surface area contributed by atoms with Gasteiger partial charge in [0, 0.05) is 6.54 Å². The lowest BCUT2D eigenvalue weighted by molar-refractivity contribution is 0.0892. The molecule has 18 heavy (non-hydrogen) atoms. The number of rotatable bonds is 4. The summed E-state index contributed by atoms with van der Waals surface area (Å²) in [6.45, 7) is 2.22. The van der Waals surface area contributed by atoms with Crippen LogP contribution in [0.4, 0.5) is 0 Å². The van der Waals surface area contributed by atoms with E-state index in [1.165, 1.54) is 18.2 Å². The van der Waals surface area contributed by atoms with Crippen LogP contribution in [0.3, 0.4) is 0 Å². The van der Waals surface area contributed by atoms with E-state index in [2.05, 4.69) is 5.32 Å². The van der Waals surface area contributed by atoms with Gasteiger partial charge in [-0.05, 0) is 37.8 Å². The third-order valence-corrected chi connectivity index (χ3v) is 3.55. The Kier molecular flexibility index (Phi) is 3.17. The van der Waals surface area contributed by atoms with Crippen LogP contribution in [0.1, 0.15) is 30.1 Å². The highest BCUT2D eigenvalue weighted by molar-refractivity contribution is 5.99. The molecule has 1 amide bonds. The third-order valence-electron chi connectivity index (χ3n) is 3.55. The molecule has 0 bridgehead atoms. The SMILES string of the molecule is CC(CN)(NC(=O)c1c(O)cccc1O)C1CC1. The zero-order valence-electron chi connectivity index (χ0n) is 10.3. The molecular weight excluding hydrogens is 232 g/mol. The molecule has 5 heteroatoms. The van der Waals surface area contributed by atoms with Crippen molar-refractivity contribution >= 4 is 5.91 Å². The van der Waals surface area contributed by atoms with E-state index in [9.17, 15) is 15.0 Å². The second kappa shape index (κ2) is 4.49. The van der Waals surface area contributed by atoms with E-state index in [4.69, 9.17) is 5.73 Å². The van der Waals surface area contributed by atoms with Gasteiger partial charge in [0.05, 0.1) is 5.54 Å². The molecule has 5 nitrogen and oxygen atoms in total. The van der Waals surface area contributed by atoms with E-state index in [1.807, 2.05) is 6.92 Å². The van der Waals surface area contributed by atoms with Crippen LogP contribution >= 0.6 is 0 Å². The Morgan fingerprint density at radius 3 is 2.44 bits per heavy atom. The second-order valence-corrected chi connectivity index (χ2v) is 5.02. The molecule has 5 N–H and O–H groups in total. The summed E-state index contributed by atoms with van der Waals surface area (Å²) in [6.07, 6.45) is 2.08. The average molecular weight is 250 g/mol. The summed E-state index contributed by atoms with van der Waals surface area (Å²) in [6, 6.07) is 4.21. The Balaban J connectivity index is 2.21. The molecule has 1 aliphatic carbocycles. The number of benzene rings is 1. The van der Waals surface area contributed by atoms with Crippen LogP contribution in [0.2, 0.25) is 0 Å². The van der Waals surface area contributed by atoms with E-state index in [0.717, 1.165) is 12.8 Å². The Labute approximate surface area is 106 Å². The molecule has 0 aliphatic heterocycles. The van der Waals surface area contributed by atoms with E-state index in [0.29, 0.717) is 12.5 Å². The molecule has 1 fully saturated rings. The molecule has 0 aromatic heterocycles. The average Bonchev–Trinajstić information content (AvgIpc) is 3.12. The summed E-state index contributed by atoms with van der Waals surface area (Å²) in [7, 11) is 0. The van der Waals surface area contributed by atoms with Crippen LogP contribution in [0.25, 0.3) is 0 Å². The van der Waals surface area contributed by atoms with Crippen molar-refractivity contribution in [2.45, 2.75) is 25.3 Å².